The summed E-state index contributed by atoms with van der Waals surface area (Å²) in [5.41, 5.74) is 0. The molecule has 0 aliphatic rings. The van der Waals surface area contributed by atoms with E-state index >= 15 is 0 Å². The first kappa shape index (κ1) is 23.0. The molecule has 0 aromatic carbocycles. The summed E-state index contributed by atoms with van der Waals surface area (Å²) in [7, 11) is 0. The Balaban J connectivity index is 4.43. The minimum Gasteiger partial charge on any atom is -0.375 e. The van der Waals surface area contributed by atoms with Crippen molar-refractivity contribution < 1.29 is 4.74 Å². The normalized spacial score (nSPS) is 14.6. The fraction of sp³-hybridized carbons (Fsp3) is 1.00. The minimum atomic E-state index is 0.503. The Bertz CT molecular complexity index is 210. The van der Waals surface area contributed by atoms with Crippen LogP contribution in [0.5, 0.6) is 0 Å². The molecule has 0 spiro atoms. The molecule has 0 aliphatic heterocycles. The van der Waals surface area contributed by atoms with Gasteiger partial charge in [-0.3, -0.25) is 0 Å². The maximum absolute atomic E-state index is 6.64. The van der Waals surface area contributed by atoms with Crippen molar-refractivity contribution in [2.45, 2.75) is 131 Å². The molecule has 1 nitrogen and oxygen atoms in total. The molecule has 0 bridgehead atoms. The predicted octanol–water partition coefficient (Wildman–Crippen LogP) is 7.77. The van der Waals surface area contributed by atoms with Crippen LogP contribution in [-0.2, 0) is 4.74 Å². The van der Waals surface area contributed by atoms with Crippen molar-refractivity contribution in [3.63, 3.8) is 0 Å². The molecule has 1 heteroatoms. The molecule has 2 atom stereocenters. The molecule has 0 aromatic heterocycles. The van der Waals surface area contributed by atoms with Crippen molar-refractivity contribution in [1.82, 2.24) is 0 Å². The molecule has 0 rings (SSSR count). The summed E-state index contributed by atoms with van der Waals surface area (Å²) in [4.78, 5) is 0. The topological polar surface area (TPSA) is 9.23 Å². The van der Waals surface area contributed by atoms with E-state index in [1.54, 1.807) is 0 Å². The first-order valence-electron chi connectivity index (χ1n) is 10.6. The molecular formula is C22H46O. The maximum Gasteiger partial charge on any atom is 0.0579 e. The van der Waals surface area contributed by atoms with Crippen LogP contribution in [0, 0.1) is 11.8 Å². The summed E-state index contributed by atoms with van der Waals surface area (Å²) < 4.78 is 6.64. The molecule has 0 fully saturated rings. The predicted molar refractivity (Wildman–Crippen MR) is 105 cm³/mol. The molecule has 140 valence electrons. The largest absolute Gasteiger partial charge is 0.375 e. The third-order valence-electron chi connectivity index (χ3n) is 4.78. The van der Waals surface area contributed by atoms with Crippen molar-refractivity contribution in [3.8, 4) is 0 Å². The van der Waals surface area contributed by atoms with E-state index in [2.05, 4.69) is 41.5 Å². The van der Waals surface area contributed by atoms with Crippen LogP contribution in [0.4, 0.5) is 0 Å². The Labute approximate surface area is 148 Å². The van der Waals surface area contributed by atoms with Gasteiger partial charge in [-0.2, -0.15) is 0 Å². The van der Waals surface area contributed by atoms with Gasteiger partial charge in [-0.1, -0.05) is 80.1 Å². The van der Waals surface area contributed by atoms with Crippen molar-refractivity contribution in [1.29, 1.82) is 0 Å². The zero-order valence-corrected chi connectivity index (χ0v) is 17.2. The summed E-state index contributed by atoms with van der Waals surface area (Å²) in [6.45, 7) is 13.9. The summed E-state index contributed by atoms with van der Waals surface area (Å²) in [6, 6.07) is 0. The Morgan fingerprint density at radius 2 is 0.913 bits per heavy atom. The second-order valence-corrected chi connectivity index (χ2v) is 8.31. The van der Waals surface area contributed by atoms with E-state index in [1.165, 1.54) is 77.0 Å². The van der Waals surface area contributed by atoms with Crippen LogP contribution >= 0.6 is 0 Å². The molecule has 0 saturated carbocycles. The van der Waals surface area contributed by atoms with Gasteiger partial charge in [0.1, 0.15) is 0 Å². The van der Waals surface area contributed by atoms with E-state index in [4.69, 9.17) is 4.74 Å². The molecule has 2 unspecified atom stereocenters. The molecule has 0 aliphatic carbocycles. The first-order chi connectivity index (χ1) is 11.0. The smallest absolute Gasteiger partial charge is 0.0579 e. The molecule has 0 radical (unpaired) electrons. The fourth-order valence-corrected chi connectivity index (χ4v) is 3.12. The first-order valence-corrected chi connectivity index (χ1v) is 10.6. The van der Waals surface area contributed by atoms with E-state index in [0.29, 0.717) is 12.2 Å². The molecule has 0 saturated heterocycles. The van der Waals surface area contributed by atoms with Crippen LogP contribution in [-0.4, -0.2) is 12.2 Å². The minimum absolute atomic E-state index is 0.503. The zero-order chi connectivity index (χ0) is 17.5. The van der Waals surface area contributed by atoms with Gasteiger partial charge in [0.15, 0.2) is 0 Å². The monoisotopic (exact) mass is 326 g/mol. The lowest BCUT2D eigenvalue weighted by Crippen LogP contribution is -2.23. The Morgan fingerprint density at radius 1 is 0.522 bits per heavy atom. The van der Waals surface area contributed by atoms with Crippen LogP contribution in [0.1, 0.15) is 119 Å². The van der Waals surface area contributed by atoms with E-state index in [0.717, 1.165) is 11.8 Å². The van der Waals surface area contributed by atoms with Crippen molar-refractivity contribution in [2.75, 3.05) is 0 Å². The third kappa shape index (κ3) is 15.2. The number of hydrogen-bond acceptors (Lipinski definition) is 1. The third-order valence-corrected chi connectivity index (χ3v) is 4.78. The van der Waals surface area contributed by atoms with Gasteiger partial charge in [-0.15, -0.1) is 0 Å². The summed E-state index contributed by atoms with van der Waals surface area (Å²) in [6.07, 6.45) is 16.7. The van der Waals surface area contributed by atoms with Gasteiger partial charge in [0.25, 0.3) is 0 Å². The van der Waals surface area contributed by atoms with Gasteiger partial charge in [-0.05, 0) is 50.4 Å². The van der Waals surface area contributed by atoms with Crippen LogP contribution in [0.2, 0.25) is 0 Å². The lowest BCUT2D eigenvalue weighted by molar-refractivity contribution is -0.0344. The highest BCUT2D eigenvalue weighted by atomic mass is 16.5. The molecule has 0 heterocycles. The summed E-state index contributed by atoms with van der Waals surface area (Å²) in [5.74, 6) is 1.59. The van der Waals surface area contributed by atoms with Crippen molar-refractivity contribution >= 4 is 0 Å². The Hall–Kier alpha value is -0.0400. The summed E-state index contributed by atoms with van der Waals surface area (Å²) in [5, 5.41) is 0. The van der Waals surface area contributed by atoms with Gasteiger partial charge in [-0.25, -0.2) is 0 Å². The highest BCUT2D eigenvalue weighted by molar-refractivity contribution is 4.67. The quantitative estimate of drug-likeness (QED) is 0.263. The fourth-order valence-electron chi connectivity index (χ4n) is 3.12. The highest BCUT2D eigenvalue weighted by Crippen LogP contribution is 2.22. The van der Waals surface area contributed by atoms with Gasteiger partial charge in [0.2, 0.25) is 0 Å². The van der Waals surface area contributed by atoms with E-state index in [1.807, 2.05) is 0 Å². The number of ether oxygens (including phenoxy) is 1. The van der Waals surface area contributed by atoms with E-state index < -0.39 is 0 Å². The second-order valence-electron chi connectivity index (χ2n) is 8.31. The summed E-state index contributed by atoms with van der Waals surface area (Å²) >= 11 is 0. The van der Waals surface area contributed by atoms with Crippen LogP contribution in [0.15, 0.2) is 0 Å². The molecular weight excluding hydrogens is 280 g/mol. The Morgan fingerprint density at radius 3 is 1.22 bits per heavy atom. The average Bonchev–Trinajstić information content (AvgIpc) is 2.49. The van der Waals surface area contributed by atoms with Gasteiger partial charge in [0.05, 0.1) is 12.2 Å². The van der Waals surface area contributed by atoms with Crippen LogP contribution in [0.3, 0.4) is 0 Å². The second kappa shape index (κ2) is 15.5. The van der Waals surface area contributed by atoms with Gasteiger partial charge in [0, 0.05) is 0 Å². The Kier molecular flexibility index (Phi) is 15.5. The van der Waals surface area contributed by atoms with Gasteiger partial charge < -0.3 is 4.74 Å². The van der Waals surface area contributed by atoms with Crippen LogP contribution < -0.4 is 0 Å². The van der Waals surface area contributed by atoms with E-state index in [-0.39, 0.29) is 0 Å². The number of rotatable bonds is 16. The van der Waals surface area contributed by atoms with E-state index in [9.17, 15) is 0 Å². The SMILES string of the molecule is CCCCCC(CCC(C)C)OC(CCCCC)CCC(C)C. The zero-order valence-electron chi connectivity index (χ0n) is 17.2. The van der Waals surface area contributed by atoms with Crippen molar-refractivity contribution in [2.24, 2.45) is 11.8 Å². The lowest BCUT2D eigenvalue weighted by atomic mass is 9.98. The van der Waals surface area contributed by atoms with Gasteiger partial charge >= 0.3 is 0 Å². The standard InChI is InChI=1S/C22H46O/c1-7-9-11-13-21(17-15-19(3)4)23-22(14-12-10-8-2)18-16-20(5)6/h19-22H,7-18H2,1-6H3. The molecule has 0 N–H and O–H groups in total. The van der Waals surface area contributed by atoms with Crippen LogP contribution in [0.25, 0.3) is 0 Å². The van der Waals surface area contributed by atoms with Crippen molar-refractivity contribution in [3.05, 3.63) is 0 Å². The number of hydrogen-bond donors (Lipinski definition) is 0. The average molecular weight is 327 g/mol. The number of unbranched alkanes of at least 4 members (excludes halogenated alkanes) is 4. The molecule has 0 amide bonds. The lowest BCUT2D eigenvalue weighted by Gasteiger charge is -2.26. The molecule has 23 heavy (non-hydrogen) atoms. The maximum atomic E-state index is 6.64. The highest BCUT2D eigenvalue weighted by Gasteiger charge is 2.17. The molecule has 0 aromatic rings.